The molecule has 0 bridgehead atoms. The van der Waals surface area contributed by atoms with Crippen molar-refractivity contribution >= 4 is 11.7 Å². The van der Waals surface area contributed by atoms with E-state index in [1.807, 2.05) is 30.3 Å². The van der Waals surface area contributed by atoms with E-state index in [2.05, 4.69) is 20.9 Å². The summed E-state index contributed by atoms with van der Waals surface area (Å²) in [5.41, 5.74) is 2.59. The van der Waals surface area contributed by atoms with E-state index >= 15 is 0 Å². The lowest BCUT2D eigenvalue weighted by Crippen LogP contribution is -2.26. The first-order valence-corrected chi connectivity index (χ1v) is 6.56. The van der Waals surface area contributed by atoms with E-state index in [1.54, 1.807) is 12.1 Å². The topological polar surface area (TPSA) is 102 Å². The lowest BCUT2D eigenvalue weighted by Gasteiger charge is -2.07. The second kappa shape index (κ2) is 7.81. The maximum atomic E-state index is 11.8. The molecule has 2 rings (SSSR count). The van der Waals surface area contributed by atoms with E-state index in [1.165, 1.54) is 0 Å². The minimum absolute atomic E-state index is 0.248. The van der Waals surface area contributed by atoms with E-state index in [0.717, 1.165) is 5.75 Å². The van der Waals surface area contributed by atoms with Crippen LogP contribution in [0.3, 0.4) is 0 Å². The van der Waals surface area contributed by atoms with Crippen molar-refractivity contribution in [1.82, 2.24) is 15.5 Å². The van der Waals surface area contributed by atoms with Crippen LogP contribution in [0.15, 0.2) is 42.5 Å². The number of hydrogen-bond acceptors (Lipinski definition) is 6. The van der Waals surface area contributed by atoms with Crippen molar-refractivity contribution in [2.75, 3.05) is 18.6 Å². The molecule has 0 radical (unpaired) electrons. The summed E-state index contributed by atoms with van der Waals surface area (Å²) in [6, 6.07) is 12.7. The highest BCUT2D eigenvalue weighted by molar-refractivity contribution is 5.92. The molecule has 4 N–H and O–H groups in total. The third-order valence-corrected chi connectivity index (χ3v) is 2.66. The molecule has 0 saturated carbocycles. The molecule has 0 spiro atoms. The summed E-state index contributed by atoms with van der Waals surface area (Å²) in [6.07, 6.45) is 0.705. The lowest BCUT2D eigenvalue weighted by molar-refractivity contribution is 0.0945. The van der Waals surface area contributed by atoms with Crippen LogP contribution in [0.5, 0.6) is 5.75 Å². The van der Waals surface area contributed by atoms with Crippen LogP contribution in [-0.2, 0) is 0 Å². The number of nitrogens with two attached hydrogens (primary N) is 1. The molecule has 0 unspecified atom stereocenters. The van der Waals surface area contributed by atoms with Gasteiger partial charge in [-0.3, -0.25) is 4.79 Å². The Morgan fingerprint density at radius 3 is 2.62 bits per heavy atom. The molecule has 2 aromatic rings. The maximum Gasteiger partial charge on any atom is 0.271 e. The largest absolute Gasteiger partial charge is 0.494 e. The van der Waals surface area contributed by atoms with Gasteiger partial charge in [0.05, 0.1) is 6.61 Å². The molecule has 110 valence electrons. The van der Waals surface area contributed by atoms with E-state index in [9.17, 15) is 4.79 Å². The summed E-state index contributed by atoms with van der Waals surface area (Å²) in [5, 5.41) is 10.2. The van der Waals surface area contributed by atoms with E-state index in [-0.39, 0.29) is 11.6 Å². The predicted octanol–water partition coefficient (Wildman–Crippen LogP) is 0.961. The molecule has 1 heterocycles. The summed E-state index contributed by atoms with van der Waals surface area (Å²) >= 11 is 0. The highest BCUT2D eigenvalue weighted by Gasteiger charge is 2.07. The smallest absolute Gasteiger partial charge is 0.271 e. The van der Waals surface area contributed by atoms with Gasteiger partial charge in [0, 0.05) is 6.54 Å². The number of para-hydroxylation sites is 1. The fourth-order valence-corrected chi connectivity index (χ4v) is 1.60. The number of carbonyl (C=O) groups is 1. The molecular weight excluding hydrogens is 270 g/mol. The van der Waals surface area contributed by atoms with Gasteiger partial charge in [0.1, 0.15) is 5.75 Å². The zero-order chi connectivity index (χ0) is 14.9. The summed E-state index contributed by atoms with van der Waals surface area (Å²) in [5.74, 6) is 6.12. The molecule has 0 atom stereocenters. The second-order valence-corrected chi connectivity index (χ2v) is 4.22. The Morgan fingerprint density at radius 1 is 1.14 bits per heavy atom. The Bertz CT molecular complexity index is 559. The van der Waals surface area contributed by atoms with Crippen LogP contribution in [0.25, 0.3) is 0 Å². The van der Waals surface area contributed by atoms with Gasteiger partial charge < -0.3 is 15.5 Å². The van der Waals surface area contributed by atoms with Gasteiger partial charge in [0.2, 0.25) is 0 Å². The van der Waals surface area contributed by atoms with Crippen LogP contribution >= 0.6 is 0 Å². The molecule has 0 aliphatic heterocycles. The molecule has 0 aliphatic carbocycles. The van der Waals surface area contributed by atoms with Gasteiger partial charge in [0.25, 0.3) is 5.91 Å². The molecular formula is C14H17N5O2. The number of anilines is 1. The highest BCUT2D eigenvalue weighted by atomic mass is 16.5. The SMILES string of the molecule is NNc1ccc(C(=O)NCCCOc2ccccc2)nn1. The third kappa shape index (κ3) is 4.73. The van der Waals surface area contributed by atoms with Crippen LogP contribution in [-0.4, -0.2) is 29.3 Å². The Morgan fingerprint density at radius 2 is 1.95 bits per heavy atom. The first kappa shape index (κ1) is 14.7. The average Bonchev–Trinajstić information content (AvgIpc) is 2.55. The number of carbonyl (C=O) groups excluding carboxylic acids is 1. The van der Waals surface area contributed by atoms with Crippen molar-refractivity contribution in [2.45, 2.75) is 6.42 Å². The predicted molar refractivity (Wildman–Crippen MR) is 78.7 cm³/mol. The van der Waals surface area contributed by atoms with Gasteiger partial charge in [-0.25, -0.2) is 5.84 Å². The van der Waals surface area contributed by atoms with Crippen molar-refractivity contribution in [3.63, 3.8) is 0 Å². The van der Waals surface area contributed by atoms with Gasteiger partial charge in [-0.2, -0.15) is 0 Å². The lowest BCUT2D eigenvalue weighted by atomic mass is 10.3. The first-order chi connectivity index (χ1) is 10.3. The van der Waals surface area contributed by atoms with Crippen LogP contribution in [0.1, 0.15) is 16.9 Å². The third-order valence-electron chi connectivity index (χ3n) is 2.66. The van der Waals surface area contributed by atoms with Crippen LogP contribution in [0, 0.1) is 0 Å². The van der Waals surface area contributed by atoms with Gasteiger partial charge >= 0.3 is 0 Å². The van der Waals surface area contributed by atoms with Crippen LogP contribution < -0.4 is 21.3 Å². The molecule has 7 nitrogen and oxygen atoms in total. The fourth-order valence-electron chi connectivity index (χ4n) is 1.60. The number of ether oxygens (including phenoxy) is 1. The second-order valence-electron chi connectivity index (χ2n) is 4.22. The fraction of sp³-hybridized carbons (Fsp3) is 0.214. The zero-order valence-electron chi connectivity index (χ0n) is 11.5. The number of aromatic nitrogens is 2. The van der Waals surface area contributed by atoms with Crippen molar-refractivity contribution in [2.24, 2.45) is 5.84 Å². The minimum Gasteiger partial charge on any atom is -0.494 e. The van der Waals surface area contributed by atoms with Gasteiger partial charge in [0.15, 0.2) is 11.5 Å². The summed E-state index contributed by atoms with van der Waals surface area (Å²) < 4.78 is 5.52. The quantitative estimate of drug-likeness (QED) is 0.398. The standard InChI is InChI=1S/C14H17N5O2/c15-17-13-8-7-12(18-19-13)14(20)16-9-4-10-21-11-5-2-1-3-6-11/h1-3,5-8H,4,9-10,15H2,(H,16,20)(H,17,19). The monoisotopic (exact) mass is 287 g/mol. The minimum atomic E-state index is -0.272. The molecule has 1 aromatic carbocycles. The number of rotatable bonds is 7. The number of nitrogens with one attached hydrogen (secondary N) is 2. The van der Waals surface area contributed by atoms with Crippen LogP contribution in [0.4, 0.5) is 5.82 Å². The number of nitrogens with zero attached hydrogens (tertiary/aromatic N) is 2. The molecule has 0 aliphatic rings. The van der Waals surface area contributed by atoms with E-state index in [4.69, 9.17) is 10.6 Å². The van der Waals surface area contributed by atoms with Gasteiger partial charge in [-0.05, 0) is 30.7 Å². The van der Waals surface area contributed by atoms with E-state index in [0.29, 0.717) is 25.4 Å². The van der Waals surface area contributed by atoms with Gasteiger partial charge in [-0.15, -0.1) is 10.2 Å². The number of hydrazine groups is 1. The number of amides is 1. The zero-order valence-corrected chi connectivity index (χ0v) is 11.5. The Kier molecular flexibility index (Phi) is 5.48. The van der Waals surface area contributed by atoms with Crippen molar-refractivity contribution < 1.29 is 9.53 Å². The average molecular weight is 287 g/mol. The summed E-state index contributed by atoms with van der Waals surface area (Å²) in [7, 11) is 0. The van der Waals surface area contributed by atoms with E-state index < -0.39 is 0 Å². The Labute approximate surface area is 122 Å². The van der Waals surface area contributed by atoms with Crippen LogP contribution in [0.2, 0.25) is 0 Å². The maximum absolute atomic E-state index is 11.8. The number of benzene rings is 1. The molecule has 0 fully saturated rings. The Hall–Kier alpha value is -2.67. The Balaban J connectivity index is 1.67. The van der Waals surface area contributed by atoms with Crippen molar-refractivity contribution in [3.8, 4) is 5.75 Å². The molecule has 1 amide bonds. The summed E-state index contributed by atoms with van der Waals surface area (Å²) in [6.45, 7) is 1.04. The first-order valence-electron chi connectivity index (χ1n) is 6.56. The highest BCUT2D eigenvalue weighted by Crippen LogP contribution is 2.08. The number of nitrogen functional groups attached to an aromatic ring is 1. The normalized spacial score (nSPS) is 9.95. The molecule has 7 heteroatoms. The molecule has 1 aromatic heterocycles. The molecule has 21 heavy (non-hydrogen) atoms. The summed E-state index contributed by atoms with van der Waals surface area (Å²) in [4.78, 5) is 11.8. The van der Waals surface area contributed by atoms with Gasteiger partial charge in [-0.1, -0.05) is 18.2 Å². The van der Waals surface area contributed by atoms with Crippen molar-refractivity contribution in [3.05, 3.63) is 48.2 Å². The molecule has 0 saturated heterocycles. The number of hydrogen-bond donors (Lipinski definition) is 3. The van der Waals surface area contributed by atoms with Crippen molar-refractivity contribution in [1.29, 1.82) is 0 Å².